The van der Waals surface area contributed by atoms with E-state index in [1.54, 1.807) is 0 Å². The molecule has 0 spiro atoms. The Labute approximate surface area is 388 Å². The molecule has 2 nitrogen and oxygen atoms in total. The zero-order chi connectivity index (χ0) is 30.7. The first-order chi connectivity index (χ1) is 20.3. The van der Waals surface area contributed by atoms with Gasteiger partial charge in [-0.2, -0.15) is 11.5 Å². The molecule has 0 aromatic heterocycles. The van der Waals surface area contributed by atoms with Gasteiger partial charge in [-0.3, -0.25) is 0 Å². The summed E-state index contributed by atoms with van der Waals surface area (Å²) in [5.74, 6) is 5.62. The van der Waals surface area contributed by atoms with Crippen LogP contribution in [0, 0.1) is 0 Å². The molecule has 46 heavy (non-hydrogen) atoms. The predicted molar refractivity (Wildman–Crippen MR) is 229 cm³/mol. The summed E-state index contributed by atoms with van der Waals surface area (Å²) in [6.45, 7) is 0. The number of rotatable bonds is 23. The van der Waals surface area contributed by atoms with E-state index in [0.29, 0.717) is 21.0 Å². The number of hydrogen-bond donors (Lipinski definition) is 0. The van der Waals surface area contributed by atoms with Crippen LogP contribution in [0.15, 0.2) is 48.5 Å². The first-order valence-electron chi connectivity index (χ1n) is 12.7. The topological polar surface area (TPSA) is 6.48 Å². The minimum absolute atomic E-state index is 0. The number of anilines is 2. The van der Waals surface area contributed by atoms with Gasteiger partial charge in [-0.05, 0) is 55.0 Å². The van der Waals surface area contributed by atoms with Gasteiger partial charge in [-0.25, -0.2) is 0 Å². The molecule has 0 N–H and O–H groups in total. The molecule has 238 valence electrons. The molecule has 0 saturated carbocycles. The van der Waals surface area contributed by atoms with Crippen LogP contribution in [0.25, 0.3) is 0 Å². The minimum atomic E-state index is 0. The second-order valence-electron chi connectivity index (χ2n) is 9.19. The van der Waals surface area contributed by atoms with Crippen LogP contribution in [0.2, 0.25) is 0 Å². The molecule has 4 unspecified atom stereocenters. The molecule has 0 amide bonds. The van der Waals surface area contributed by atoms with Gasteiger partial charge in [0.15, 0.2) is 0 Å². The second kappa shape index (κ2) is 34.8. The molecule has 0 saturated heterocycles. The summed E-state index contributed by atoms with van der Waals surface area (Å²) in [7, 11) is 26.4. The summed E-state index contributed by atoms with van der Waals surface area (Å²) in [4.78, 5) is 4.24. The van der Waals surface area contributed by atoms with Gasteiger partial charge in [0.2, 0.25) is 0 Å². The molecule has 0 aliphatic rings. The quantitative estimate of drug-likeness (QED) is 0.0542. The fraction of sp³-hybridized carbons (Fsp3) is 0.538. The Balaban J connectivity index is -0.00000462. The van der Waals surface area contributed by atoms with E-state index in [1.165, 1.54) is 44.1 Å². The van der Waals surface area contributed by atoms with Gasteiger partial charge in [0.1, 0.15) is 0 Å². The van der Waals surface area contributed by atoms with E-state index in [4.69, 9.17) is 48.6 Å². The molecule has 2 rings (SSSR count). The Morgan fingerprint density at radius 1 is 0.522 bits per heavy atom. The fourth-order valence-corrected chi connectivity index (χ4v) is 20.6. The van der Waals surface area contributed by atoms with Crippen LogP contribution in [-0.4, -0.2) is 73.2 Å². The first kappa shape index (κ1) is 55.7. The van der Waals surface area contributed by atoms with Crippen LogP contribution >= 0.6 is 106 Å². The van der Waals surface area contributed by atoms with Crippen molar-refractivity contribution in [2.24, 2.45) is 0 Å². The molecule has 2 aromatic rings. The maximum atomic E-state index is 5.46. The normalized spacial score (nSPS) is 13.1. The van der Waals surface area contributed by atoms with Gasteiger partial charge in [-0.15, -0.1) is 0 Å². The van der Waals surface area contributed by atoms with Gasteiger partial charge >= 0.3 is 75.4 Å². The van der Waals surface area contributed by atoms with E-state index >= 15 is 0 Å². The Morgan fingerprint density at radius 2 is 0.848 bits per heavy atom. The van der Waals surface area contributed by atoms with Gasteiger partial charge in [0.05, 0.1) is 0 Å². The van der Waals surface area contributed by atoms with Crippen molar-refractivity contribution < 1.29 is 75.4 Å². The number of hydrogen-bond acceptors (Lipinski definition) is 16. The summed E-state index contributed by atoms with van der Waals surface area (Å²) in [6.07, 6.45) is 0. The van der Waals surface area contributed by atoms with Crippen molar-refractivity contribution in [1.82, 2.24) is 0 Å². The summed E-state index contributed by atoms with van der Waals surface area (Å²) >= 11 is 21.7. The molecular weight excluding hydrogens is 817 g/mol. The zero-order valence-electron chi connectivity index (χ0n) is 27.8. The van der Waals surface area contributed by atoms with E-state index in [1.807, 2.05) is 84.4 Å². The van der Waals surface area contributed by atoms with Crippen molar-refractivity contribution in [1.29, 1.82) is 0 Å². The largest absolute Gasteiger partial charge is 1.00 e. The van der Waals surface area contributed by atoms with Crippen molar-refractivity contribution in [3.8, 4) is 0 Å². The minimum Gasteiger partial charge on any atom is -0.791 e. The van der Waals surface area contributed by atoms with Crippen LogP contribution < -0.4 is 85.2 Å². The summed E-state index contributed by atoms with van der Waals surface area (Å²) in [5, 5.41) is 1.56. The van der Waals surface area contributed by atoms with Crippen molar-refractivity contribution in [3.63, 3.8) is 0 Å². The van der Waals surface area contributed by atoms with Crippen molar-refractivity contribution >= 4 is 166 Å². The third-order valence-electron chi connectivity index (χ3n) is 5.64. The molecule has 0 aliphatic carbocycles. The molecule has 20 heteroatoms. The Morgan fingerprint density at radius 3 is 1.11 bits per heavy atom. The predicted octanol–water partition coefficient (Wildman–Crippen LogP) is -1.72. The molecule has 4 atom stereocenters. The molecular formula is C26H36Li4N2S14. The summed E-state index contributed by atoms with van der Waals surface area (Å²) in [5.41, 5.74) is 5.01. The standard InChI is InChI=1S/C26H40N2S14.4Li/c1-27(2)21-9-5-19(6-10-21)25(37-31)17-35-41-39-23(13-29)15-33-34-16-24(14-30)40-42-36-18-26(38-32)20-7-11-22(12-8-20)28(3)4;;;;/h5-12,23-26,29-32H,13-18H2,1-4H3;;;;/q;4*+1/p-4. The Bertz CT molecular complexity index is 893. The Hall–Kier alpha value is 5.33. The molecule has 0 heterocycles. The average molecular weight is 853 g/mol. The van der Waals surface area contributed by atoms with Crippen LogP contribution in [0.3, 0.4) is 0 Å². The van der Waals surface area contributed by atoms with E-state index in [-0.39, 0.29) is 75.4 Å². The zero-order valence-corrected chi connectivity index (χ0v) is 39.2. The summed E-state index contributed by atoms with van der Waals surface area (Å²) in [6, 6.07) is 17.5. The van der Waals surface area contributed by atoms with Crippen molar-refractivity contribution in [3.05, 3.63) is 59.7 Å². The third kappa shape index (κ3) is 23.3. The van der Waals surface area contributed by atoms with Gasteiger partial charge < -0.3 is 80.0 Å². The van der Waals surface area contributed by atoms with Gasteiger partial charge in [0.25, 0.3) is 0 Å². The van der Waals surface area contributed by atoms with Crippen molar-refractivity contribution in [2.45, 2.75) is 21.0 Å². The number of nitrogens with zero attached hydrogens (tertiary/aromatic N) is 2. The molecule has 2 aromatic carbocycles. The van der Waals surface area contributed by atoms with Crippen LogP contribution in [-0.2, 0) is 48.6 Å². The number of benzene rings is 2. The maximum absolute atomic E-state index is 5.46. The SMILES string of the molecule is CN(C)c1ccc(C(CSSSC(C[S-])CSSCC(C[S-])SSSCC(S[S-])c2ccc(N(C)C)cc2)S[S-])cc1.[Li+].[Li+].[Li+].[Li+]. The average Bonchev–Trinajstić information content (AvgIpc) is 3.01. The van der Waals surface area contributed by atoms with Gasteiger partial charge in [-0.1, -0.05) is 89.0 Å². The maximum Gasteiger partial charge on any atom is 1.00 e. The Kier molecular flexibility index (Phi) is 42.1. The smallest absolute Gasteiger partial charge is 0.791 e. The fourth-order valence-electron chi connectivity index (χ4n) is 3.13. The van der Waals surface area contributed by atoms with Gasteiger partial charge in [0, 0.05) is 83.6 Å². The van der Waals surface area contributed by atoms with E-state index in [2.05, 4.69) is 86.5 Å². The second-order valence-corrected chi connectivity index (χ2v) is 24.0. The van der Waals surface area contributed by atoms with Crippen molar-refractivity contribution in [2.75, 3.05) is 72.5 Å². The molecule has 0 radical (unpaired) electrons. The molecule has 0 fully saturated rings. The van der Waals surface area contributed by atoms with Crippen LogP contribution in [0.5, 0.6) is 0 Å². The van der Waals surface area contributed by atoms with E-state index < -0.39 is 0 Å². The first-order valence-corrected chi connectivity index (χ1v) is 27.4. The van der Waals surface area contributed by atoms with E-state index in [9.17, 15) is 0 Å². The van der Waals surface area contributed by atoms with E-state index in [0.717, 1.165) is 34.5 Å². The monoisotopic (exact) mass is 852 g/mol. The molecule has 0 bridgehead atoms. The van der Waals surface area contributed by atoms with Crippen LogP contribution in [0.1, 0.15) is 21.6 Å². The van der Waals surface area contributed by atoms with Crippen LogP contribution in [0.4, 0.5) is 11.4 Å². The third-order valence-corrected chi connectivity index (χ3v) is 22.2. The summed E-state index contributed by atoms with van der Waals surface area (Å²) < 4.78 is 0. The molecule has 0 aliphatic heterocycles.